The van der Waals surface area contributed by atoms with Gasteiger partial charge in [-0.2, -0.15) is 0 Å². The van der Waals surface area contributed by atoms with Crippen LogP contribution in [0.1, 0.15) is 16.8 Å². The first-order chi connectivity index (χ1) is 13.2. The van der Waals surface area contributed by atoms with Gasteiger partial charge in [-0.3, -0.25) is 0 Å². The fourth-order valence-corrected chi connectivity index (χ4v) is 3.90. The Balaban J connectivity index is 1.32. The van der Waals surface area contributed by atoms with Gasteiger partial charge in [0.25, 0.3) is 0 Å². The van der Waals surface area contributed by atoms with Gasteiger partial charge < -0.3 is 24.7 Å². The molecule has 2 aliphatic rings. The Morgan fingerprint density at radius 2 is 1.93 bits per heavy atom. The van der Waals surface area contributed by atoms with Crippen LogP contribution in [0.4, 0.5) is 10.5 Å². The Kier molecular flexibility index (Phi) is 3.70. The largest absolute Gasteiger partial charge is 0.454 e. The van der Waals surface area contributed by atoms with Crippen molar-refractivity contribution in [3.8, 4) is 11.5 Å². The van der Waals surface area contributed by atoms with E-state index in [4.69, 9.17) is 9.47 Å². The second-order valence-corrected chi connectivity index (χ2v) is 7.12. The molecule has 1 aromatic heterocycles. The third kappa shape index (κ3) is 2.87. The average molecular weight is 363 g/mol. The molecule has 27 heavy (non-hydrogen) atoms. The molecule has 0 aliphatic carbocycles. The molecule has 0 unspecified atom stereocenters. The van der Waals surface area contributed by atoms with Crippen molar-refractivity contribution >= 4 is 22.6 Å². The van der Waals surface area contributed by atoms with Crippen molar-refractivity contribution in [2.75, 3.05) is 25.2 Å². The number of hydrogen-bond acceptors (Lipinski definition) is 3. The molecule has 2 aromatic carbocycles. The molecule has 0 spiro atoms. The fourth-order valence-electron chi connectivity index (χ4n) is 3.90. The number of carbonyl (C=O) groups excluding carboxylic acids is 1. The molecule has 0 bridgehead atoms. The maximum absolute atomic E-state index is 12.7. The lowest BCUT2D eigenvalue weighted by molar-refractivity contribution is 0.174. The summed E-state index contributed by atoms with van der Waals surface area (Å²) in [7, 11) is 0. The van der Waals surface area contributed by atoms with Crippen LogP contribution in [0.25, 0.3) is 10.9 Å². The Morgan fingerprint density at radius 1 is 1.07 bits per heavy atom. The maximum atomic E-state index is 12.7. The molecule has 2 aliphatic heterocycles. The summed E-state index contributed by atoms with van der Waals surface area (Å²) < 4.78 is 10.7. The number of ether oxygens (including phenoxy) is 2. The van der Waals surface area contributed by atoms with Crippen LogP contribution in [0.3, 0.4) is 0 Å². The molecule has 0 radical (unpaired) electrons. The molecular formula is C21H21N3O3. The first-order valence-electron chi connectivity index (χ1n) is 9.23. The zero-order chi connectivity index (χ0) is 18.4. The van der Waals surface area contributed by atoms with Gasteiger partial charge in [-0.25, -0.2) is 4.79 Å². The number of carbonyl (C=O) groups is 1. The van der Waals surface area contributed by atoms with Gasteiger partial charge >= 0.3 is 6.03 Å². The van der Waals surface area contributed by atoms with Crippen molar-refractivity contribution in [3.05, 3.63) is 53.2 Å². The summed E-state index contributed by atoms with van der Waals surface area (Å²) in [5, 5.41) is 4.26. The summed E-state index contributed by atoms with van der Waals surface area (Å²) in [6, 6.07) is 11.9. The monoisotopic (exact) mass is 363 g/mol. The molecule has 6 heteroatoms. The molecule has 2 amide bonds. The fraction of sp³-hybridized carbons (Fsp3) is 0.286. The van der Waals surface area contributed by atoms with E-state index in [1.807, 2.05) is 17.0 Å². The quantitative estimate of drug-likeness (QED) is 0.690. The number of hydrogen-bond donors (Lipinski definition) is 2. The average Bonchev–Trinajstić information content (AvgIpc) is 3.19. The van der Waals surface area contributed by atoms with Gasteiger partial charge in [-0.05, 0) is 43.2 Å². The smallest absolute Gasteiger partial charge is 0.321 e. The molecular weight excluding hydrogens is 342 g/mol. The van der Waals surface area contributed by atoms with Crippen LogP contribution in [0, 0.1) is 6.92 Å². The second-order valence-electron chi connectivity index (χ2n) is 7.12. The number of H-pyrrole nitrogens is 1. The summed E-state index contributed by atoms with van der Waals surface area (Å²) in [4.78, 5) is 18.2. The lowest BCUT2D eigenvalue weighted by Crippen LogP contribution is -2.36. The number of aromatic nitrogens is 1. The van der Waals surface area contributed by atoms with Crippen LogP contribution >= 0.6 is 0 Å². The molecule has 138 valence electrons. The van der Waals surface area contributed by atoms with Crippen molar-refractivity contribution in [3.63, 3.8) is 0 Å². The minimum Gasteiger partial charge on any atom is -0.454 e. The molecule has 5 rings (SSSR count). The number of aryl methyl sites for hydroxylation is 1. The van der Waals surface area contributed by atoms with Crippen molar-refractivity contribution in [1.82, 2.24) is 9.88 Å². The van der Waals surface area contributed by atoms with Gasteiger partial charge in [0, 0.05) is 47.9 Å². The van der Waals surface area contributed by atoms with Crippen molar-refractivity contribution in [2.45, 2.75) is 19.8 Å². The highest BCUT2D eigenvalue weighted by atomic mass is 16.7. The summed E-state index contributed by atoms with van der Waals surface area (Å²) in [6.07, 6.45) is 1.69. The second kappa shape index (κ2) is 6.23. The molecule has 0 saturated heterocycles. The minimum atomic E-state index is -0.0838. The molecule has 0 atom stereocenters. The van der Waals surface area contributed by atoms with Crippen LogP contribution in [0.5, 0.6) is 11.5 Å². The highest BCUT2D eigenvalue weighted by Gasteiger charge is 2.22. The standard InChI is InChI=1S/C21H21N3O3/c1-13-2-4-17-16(10-13)15-6-8-24(9-7-18(15)23-17)21(25)22-14-3-5-19-20(11-14)27-12-26-19/h2-5,10-11,23H,6-9,12H2,1H3,(H,22,25). The summed E-state index contributed by atoms with van der Waals surface area (Å²) in [5.41, 5.74) is 5.74. The van der Waals surface area contributed by atoms with Gasteiger partial charge in [-0.1, -0.05) is 11.6 Å². The van der Waals surface area contributed by atoms with Gasteiger partial charge in [0.2, 0.25) is 6.79 Å². The van der Waals surface area contributed by atoms with Crippen molar-refractivity contribution in [1.29, 1.82) is 0 Å². The highest BCUT2D eigenvalue weighted by Crippen LogP contribution is 2.34. The summed E-state index contributed by atoms with van der Waals surface area (Å²) in [6.45, 7) is 3.73. The molecule has 0 fully saturated rings. The topological polar surface area (TPSA) is 66.6 Å². The van der Waals surface area contributed by atoms with Gasteiger partial charge in [0.1, 0.15) is 0 Å². The third-order valence-corrected chi connectivity index (χ3v) is 5.32. The molecule has 3 aromatic rings. The van der Waals surface area contributed by atoms with E-state index in [0.717, 1.165) is 12.8 Å². The molecule has 0 saturated carbocycles. The van der Waals surface area contributed by atoms with Crippen molar-refractivity contribution < 1.29 is 14.3 Å². The number of rotatable bonds is 1. The summed E-state index contributed by atoms with van der Waals surface area (Å²) >= 11 is 0. The Labute approximate surface area is 157 Å². The molecule has 6 nitrogen and oxygen atoms in total. The number of benzene rings is 2. The van der Waals surface area contributed by atoms with E-state index >= 15 is 0 Å². The Hall–Kier alpha value is -3.15. The number of nitrogens with zero attached hydrogens (tertiary/aromatic N) is 1. The lowest BCUT2D eigenvalue weighted by Gasteiger charge is -2.21. The number of nitrogens with one attached hydrogen (secondary N) is 2. The SMILES string of the molecule is Cc1ccc2[nH]c3c(c2c1)CCN(C(=O)Nc1ccc2c(c1)OCO2)CC3. The Morgan fingerprint density at radius 3 is 2.85 bits per heavy atom. The molecule has 2 N–H and O–H groups in total. The zero-order valence-corrected chi connectivity index (χ0v) is 15.2. The third-order valence-electron chi connectivity index (χ3n) is 5.32. The normalized spacial score (nSPS) is 15.5. The van der Waals surface area contributed by atoms with Crippen LogP contribution in [0.15, 0.2) is 36.4 Å². The van der Waals surface area contributed by atoms with Crippen LogP contribution in [-0.2, 0) is 12.8 Å². The van der Waals surface area contributed by atoms with Gasteiger partial charge in [-0.15, -0.1) is 0 Å². The van der Waals surface area contributed by atoms with E-state index < -0.39 is 0 Å². The van der Waals surface area contributed by atoms with Gasteiger partial charge in [0.05, 0.1) is 0 Å². The lowest BCUT2D eigenvalue weighted by atomic mass is 10.1. The first-order valence-corrected chi connectivity index (χ1v) is 9.23. The number of urea groups is 1. The zero-order valence-electron chi connectivity index (χ0n) is 15.2. The van der Waals surface area contributed by atoms with Crippen molar-refractivity contribution in [2.24, 2.45) is 0 Å². The van der Waals surface area contributed by atoms with Crippen LogP contribution in [-0.4, -0.2) is 35.8 Å². The highest BCUT2D eigenvalue weighted by molar-refractivity contribution is 5.90. The number of aromatic amines is 1. The number of anilines is 1. The predicted molar refractivity (Wildman–Crippen MR) is 104 cm³/mol. The van der Waals surface area contributed by atoms with E-state index in [0.29, 0.717) is 30.3 Å². The van der Waals surface area contributed by atoms with E-state index in [1.54, 1.807) is 6.07 Å². The number of fused-ring (bicyclic) bond motifs is 4. The van der Waals surface area contributed by atoms with Crippen LogP contribution < -0.4 is 14.8 Å². The summed E-state index contributed by atoms with van der Waals surface area (Å²) in [5.74, 6) is 1.38. The van der Waals surface area contributed by atoms with E-state index in [1.165, 1.54) is 27.7 Å². The maximum Gasteiger partial charge on any atom is 0.321 e. The Bertz CT molecular complexity index is 1040. The van der Waals surface area contributed by atoms with Gasteiger partial charge in [0.15, 0.2) is 11.5 Å². The van der Waals surface area contributed by atoms with Crippen LogP contribution in [0.2, 0.25) is 0 Å². The minimum absolute atomic E-state index is 0.0838. The first kappa shape index (κ1) is 16.1. The molecule has 3 heterocycles. The van der Waals surface area contributed by atoms with E-state index in [9.17, 15) is 4.79 Å². The number of amides is 2. The van der Waals surface area contributed by atoms with E-state index in [-0.39, 0.29) is 12.8 Å². The predicted octanol–water partition coefficient (Wildman–Crippen LogP) is 3.84. The van der Waals surface area contributed by atoms with E-state index in [2.05, 4.69) is 35.4 Å².